The average Bonchev–Trinajstić information content (AvgIpc) is 2.84. The van der Waals surface area contributed by atoms with Crippen LogP contribution < -0.4 is 9.47 Å². The second-order valence-electron chi connectivity index (χ2n) is 8.27. The van der Waals surface area contributed by atoms with Gasteiger partial charge in [0.25, 0.3) is 5.91 Å². The van der Waals surface area contributed by atoms with E-state index in [0.29, 0.717) is 44.2 Å². The van der Waals surface area contributed by atoms with Gasteiger partial charge < -0.3 is 19.3 Å². The topological polar surface area (TPSA) is 62.3 Å². The van der Waals surface area contributed by atoms with Gasteiger partial charge in [-0.2, -0.15) is 0 Å². The Morgan fingerprint density at radius 3 is 2.31 bits per heavy atom. The van der Waals surface area contributed by atoms with Gasteiger partial charge in [0.2, 0.25) is 12.0 Å². The lowest BCUT2D eigenvalue weighted by molar-refractivity contribution is -0.146. The van der Waals surface area contributed by atoms with Gasteiger partial charge in [-0.1, -0.05) is 49.4 Å². The highest BCUT2D eigenvalue weighted by molar-refractivity contribution is 5.83. The minimum absolute atomic E-state index is 0.0803. The molecule has 0 N–H and O–H groups in total. The van der Waals surface area contributed by atoms with E-state index in [0.717, 1.165) is 19.5 Å². The molecule has 32 heavy (non-hydrogen) atoms. The van der Waals surface area contributed by atoms with Crippen molar-refractivity contribution in [3.8, 4) is 11.5 Å². The first-order valence-corrected chi connectivity index (χ1v) is 11.4. The van der Waals surface area contributed by atoms with E-state index < -0.39 is 6.10 Å². The average molecular weight is 438 g/mol. The zero-order valence-electron chi connectivity index (χ0n) is 18.6. The number of amides is 2. The van der Waals surface area contributed by atoms with Crippen LogP contribution in [-0.2, 0) is 16.1 Å². The molecule has 2 aliphatic heterocycles. The molecule has 1 atom stereocenters. The maximum atomic E-state index is 12.9. The van der Waals surface area contributed by atoms with Crippen molar-refractivity contribution in [3.63, 3.8) is 0 Å². The molecule has 170 valence electrons. The molecule has 2 heterocycles. The van der Waals surface area contributed by atoms with Gasteiger partial charge in [0, 0.05) is 32.7 Å². The lowest BCUT2D eigenvalue weighted by Gasteiger charge is -2.37. The quantitative estimate of drug-likeness (QED) is 0.666. The van der Waals surface area contributed by atoms with Crippen molar-refractivity contribution >= 4 is 11.8 Å². The summed E-state index contributed by atoms with van der Waals surface area (Å²) in [5, 5.41) is 0. The first-order valence-electron chi connectivity index (χ1n) is 11.4. The number of hydrogen-bond acceptors (Lipinski definition) is 5. The fourth-order valence-electron chi connectivity index (χ4n) is 4.18. The van der Waals surface area contributed by atoms with Crippen LogP contribution >= 0.6 is 0 Å². The first kappa shape index (κ1) is 22.1. The summed E-state index contributed by atoms with van der Waals surface area (Å²) < 4.78 is 11.5. The third kappa shape index (κ3) is 5.40. The summed E-state index contributed by atoms with van der Waals surface area (Å²) in [6.07, 6.45) is 0.354. The minimum Gasteiger partial charge on any atom is -0.485 e. The van der Waals surface area contributed by atoms with Crippen LogP contribution in [0.3, 0.4) is 0 Å². The molecule has 2 amide bonds. The third-order valence-corrected chi connectivity index (χ3v) is 5.88. The molecule has 1 saturated heterocycles. The fourth-order valence-corrected chi connectivity index (χ4v) is 4.18. The van der Waals surface area contributed by atoms with Crippen LogP contribution in [-0.4, -0.2) is 78.5 Å². The monoisotopic (exact) mass is 437 g/mol. The summed E-state index contributed by atoms with van der Waals surface area (Å²) in [6.45, 7) is 6.48. The van der Waals surface area contributed by atoms with Crippen molar-refractivity contribution in [3.05, 3.63) is 60.2 Å². The number of para-hydroxylation sites is 2. The van der Waals surface area contributed by atoms with Crippen molar-refractivity contribution in [1.82, 2.24) is 14.7 Å². The van der Waals surface area contributed by atoms with E-state index in [9.17, 15) is 9.59 Å². The predicted molar refractivity (Wildman–Crippen MR) is 122 cm³/mol. The van der Waals surface area contributed by atoms with Crippen LogP contribution in [0, 0.1) is 0 Å². The number of piperazine rings is 1. The third-order valence-electron chi connectivity index (χ3n) is 5.88. The summed E-state index contributed by atoms with van der Waals surface area (Å²) in [5.74, 6) is 1.30. The van der Waals surface area contributed by atoms with Gasteiger partial charge in [-0.3, -0.25) is 14.5 Å². The number of carbonyl (C=O) groups excluding carboxylic acids is 2. The normalized spacial score (nSPS) is 18.0. The Hall–Kier alpha value is -3.06. The highest BCUT2D eigenvalue weighted by Crippen LogP contribution is 2.31. The highest BCUT2D eigenvalue weighted by atomic mass is 16.6. The number of carbonyl (C=O) groups is 2. The van der Waals surface area contributed by atoms with Crippen molar-refractivity contribution in [2.45, 2.75) is 26.0 Å². The smallest absolute Gasteiger partial charge is 0.267 e. The van der Waals surface area contributed by atoms with Gasteiger partial charge in [-0.05, 0) is 30.7 Å². The fraction of sp³-hybridized carbons (Fsp3) is 0.440. The molecule has 0 aromatic heterocycles. The zero-order valence-corrected chi connectivity index (χ0v) is 18.6. The van der Waals surface area contributed by atoms with Gasteiger partial charge in [-0.15, -0.1) is 0 Å². The molecule has 0 saturated carbocycles. The van der Waals surface area contributed by atoms with Gasteiger partial charge in [0.05, 0.1) is 6.54 Å². The Labute approximate surface area is 189 Å². The molecule has 7 heteroatoms. The summed E-state index contributed by atoms with van der Waals surface area (Å²) in [5.41, 5.74) is 1.21. The molecule has 0 bridgehead atoms. The van der Waals surface area contributed by atoms with Crippen LogP contribution in [0.1, 0.15) is 18.9 Å². The van der Waals surface area contributed by atoms with Crippen LogP contribution in [0.15, 0.2) is 54.6 Å². The number of fused-ring (bicyclic) bond motifs is 1. The highest BCUT2D eigenvalue weighted by Gasteiger charge is 2.33. The number of nitrogens with zero attached hydrogens (tertiary/aromatic N) is 3. The Morgan fingerprint density at radius 1 is 0.938 bits per heavy atom. The summed E-state index contributed by atoms with van der Waals surface area (Å²) in [4.78, 5) is 31.7. The SMILES string of the molecule is CCCN(CC(=O)N1CCN(C(=O)[C@H]2COc3ccccc3O2)CC1)Cc1ccccc1. The van der Waals surface area contributed by atoms with E-state index in [1.807, 2.05) is 47.4 Å². The largest absolute Gasteiger partial charge is 0.485 e. The summed E-state index contributed by atoms with van der Waals surface area (Å²) in [6, 6.07) is 17.6. The summed E-state index contributed by atoms with van der Waals surface area (Å²) >= 11 is 0. The van der Waals surface area contributed by atoms with E-state index >= 15 is 0 Å². The van der Waals surface area contributed by atoms with Gasteiger partial charge in [0.15, 0.2) is 11.5 Å². The van der Waals surface area contributed by atoms with Gasteiger partial charge in [-0.25, -0.2) is 0 Å². The molecular formula is C25H31N3O4. The first-order chi connectivity index (χ1) is 15.6. The lowest BCUT2D eigenvalue weighted by atomic mass is 10.2. The molecule has 0 unspecified atom stereocenters. The second kappa shape index (κ2) is 10.5. The maximum absolute atomic E-state index is 12.9. The van der Waals surface area contributed by atoms with Crippen LogP contribution in [0.5, 0.6) is 11.5 Å². The van der Waals surface area contributed by atoms with Gasteiger partial charge in [0.1, 0.15) is 6.61 Å². The number of hydrogen-bond donors (Lipinski definition) is 0. The lowest BCUT2D eigenvalue weighted by Crippen LogP contribution is -2.56. The molecule has 0 spiro atoms. The van der Waals surface area contributed by atoms with E-state index in [4.69, 9.17) is 9.47 Å². The van der Waals surface area contributed by atoms with Gasteiger partial charge >= 0.3 is 0 Å². The Balaban J connectivity index is 1.27. The number of rotatable bonds is 7. The predicted octanol–water partition coefficient (Wildman–Crippen LogP) is 2.41. The second-order valence-corrected chi connectivity index (χ2v) is 8.27. The zero-order chi connectivity index (χ0) is 22.3. The molecule has 2 aliphatic rings. The van der Waals surface area contributed by atoms with E-state index in [1.54, 1.807) is 4.90 Å². The molecule has 0 radical (unpaired) electrons. The molecule has 2 aromatic carbocycles. The summed E-state index contributed by atoms with van der Waals surface area (Å²) in [7, 11) is 0. The number of benzene rings is 2. The van der Waals surface area contributed by atoms with E-state index in [-0.39, 0.29) is 18.4 Å². The van der Waals surface area contributed by atoms with Crippen molar-refractivity contribution in [2.75, 3.05) is 45.9 Å². The van der Waals surface area contributed by atoms with Crippen LogP contribution in [0.25, 0.3) is 0 Å². The standard InChI is InChI=1S/C25H31N3O4/c1-2-12-26(17-20-8-4-3-5-9-20)18-24(29)27-13-15-28(16-14-27)25(30)23-19-31-21-10-6-7-11-22(21)32-23/h3-11,23H,2,12-19H2,1H3/t23-/m1/s1. The minimum atomic E-state index is -0.641. The van der Waals surface area contributed by atoms with E-state index in [2.05, 4.69) is 24.0 Å². The molecule has 0 aliphatic carbocycles. The van der Waals surface area contributed by atoms with Crippen molar-refractivity contribution < 1.29 is 19.1 Å². The van der Waals surface area contributed by atoms with Crippen molar-refractivity contribution in [2.24, 2.45) is 0 Å². The Bertz CT molecular complexity index is 912. The van der Waals surface area contributed by atoms with Crippen LogP contribution in [0.4, 0.5) is 0 Å². The molecule has 2 aromatic rings. The van der Waals surface area contributed by atoms with Crippen molar-refractivity contribution in [1.29, 1.82) is 0 Å². The Kier molecular flexibility index (Phi) is 7.27. The molecule has 7 nitrogen and oxygen atoms in total. The Morgan fingerprint density at radius 2 is 1.59 bits per heavy atom. The number of ether oxygens (including phenoxy) is 2. The maximum Gasteiger partial charge on any atom is 0.267 e. The van der Waals surface area contributed by atoms with Crippen LogP contribution in [0.2, 0.25) is 0 Å². The van der Waals surface area contributed by atoms with E-state index in [1.165, 1.54) is 5.56 Å². The molecular weight excluding hydrogens is 406 g/mol. The molecule has 4 rings (SSSR count). The molecule has 1 fully saturated rings.